The zero-order chi connectivity index (χ0) is 16.9. The molecule has 3 N–H and O–H groups in total. The molecule has 2 amide bonds. The fraction of sp³-hybridized carbons (Fsp3) is 0.500. The first-order chi connectivity index (χ1) is 11.7. The summed E-state index contributed by atoms with van der Waals surface area (Å²) >= 11 is 0. The number of hydrogen-bond acceptors (Lipinski definition) is 5. The summed E-state index contributed by atoms with van der Waals surface area (Å²) in [6.07, 6.45) is 4.14. The number of aliphatic hydroxyl groups excluding tert-OH is 1. The zero-order valence-electron chi connectivity index (χ0n) is 13.4. The van der Waals surface area contributed by atoms with Crippen molar-refractivity contribution >= 4 is 22.8 Å². The molecule has 8 heteroatoms. The number of nitrogens with one attached hydrogen (secondary N) is 2. The lowest BCUT2D eigenvalue weighted by molar-refractivity contribution is -0.134. The first-order valence-corrected chi connectivity index (χ1v) is 8.20. The van der Waals surface area contributed by atoms with Gasteiger partial charge in [-0.3, -0.25) is 9.59 Å². The fourth-order valence-corrected chi connectivity index (χ4v) is 2.92. The van der Waals surface area contributed by atoms with E-state index in [2.05, 4.69) is 20.7 Å². The van der Waals surface area contributed by atoms with Crippen LogP contribution in [0, 0.1) is 0 Å². The molecule has 3 rings (SSSR count). The van der Waals surface area contributed by atoms with E-state index < -0.39 is 18.6 Å². The predicted octanol–water partition coefficient (Wildman–Crippen LogP) is 0.451. The molecule has 1 aliphatic heterocycles. The molecule has 0 bridgehead atoms. The second-order valence-electron chi connectivity index (χ2n) is 5.98. The Bertz CT molecular complexity index is 721. The summed E-state index contributed by atoms with van der Waals surface area (Å²) in [7, 11) is 0. The molecule has 1 aromatic heterocycles. The first-order valence-electron chi connectivity index (χ1n) is 8.20. The number of likely N-dealkylation sites (tertiary alicyclic amines) is 1. The van der Waals surface area contributed by atoms with Crippen LogP contribution in [-0.2, 0) is 4.79 Å². The second kappa shape index (κ2) is 7.39. The number of hydrogen-bond donors (Lipinski definition) is 3. The van der Waals surface area contributed by atoms with Crippen LogP contribution in [0.1, 0.15) is 36.0 Å². The zero-order valence-corrected chi connectivity index (χ0v) is 13.4. The summed E-state index contributed by atoms with van der Waals surface area (Å²) in [5.41, 5.74) is 1.60. The maximum Gasteiger partial charge on any atom is 0.252 e. The van der Waals surface area contributed by atoms with Gasteiger partial charge in [0, 0.05) is 18.7 Å². The second-order valence-corrected chi connectivity index (χ2v) is 5.98. The van der Waals surface area contributed by atoms with Gasteiger partial charge in [0.1, 0.15) is 17.1 Å². The Hall–Kier alpha value is -2.48. The lowest BCUT2D eigenvalue weighted by Gasteiger charge is -2.25. The monoisotopic (exact) mass is 331 g/mol. The Morgan fingerprint density at radius 1 is 1.17 bits per heavy atom. The SMILES string of the molecule is O=C(NC(CO)C(=O)N1CCCCCC1)c1ccc2n[nH]nc2c1. The molecular formula is C16H21N5O3. The Balaban J connectivity index is 1.69. The van der Waals surface area contributed by atoms with Crippen molar-refractivity contribution in [2.45, 2.75) is 31.7 Å². The van der Waals surface area contributed by atoms with Crippen molar-refractivity contribution in [2.75, 3.05) is 19.7 Å². The van der Waals surface area contributed by atoms with Gasteiger partial charge >= 0.3 is 0 Å². The summed E-state index contributed by atoms with van der Waals surface area (Å²) in [6.45, 7) is 0.930. The van der Waals surface area contributed by atoms with Gasteiger partial charge < -0.3 is 15.3 Å². The molecule has 0 aliphatic carbocycles. The van der Waals surface area contributed by atoms with Crippen LogP contribution in [0.5, 0.6) is 0 Å². The number of H-pyrrole nitrogens is 1. The van der Waals surface area contributed by atoms with Gasteiger partial charge in [-0.2, -0.15) is 15.4 Å². The Labute approximate surface area is 139 Å². The third kappa shape index (κ3) is 3.53. The number of fused-ring (bicyclic) bond motifs is 1. The Morgan fingerprint density at radius 3 is 2.58 bits per heavy atom. The van der Waals surface area contributed by atoms with Gasteiger partial charge in [-0.05, 0) is 31.0 Å². The molecule has 0 radical (unpaired) electrons. The van der Waals surface area contributed by atoms with Crippen LogP contribution in [-0.4, -0.2) is 63.0 Å². The molecule has 128 valence electrons. The number of amides is 2. The van der Waals surface area contributed by atoms with E-state index in [0.29, 0.717) is 29.7 Å². The fourth-order valence-electron chi connectivity index (χ4n) is 2.92. The highest BCUT2D eigenvalue weighted by molar-refractivity contribution is 5.99. The highest BCUT2D eigenvalue weighted by Crippen LogP contribution is 2.13. The maximum absolute atomic E-state index is 12.5. The van der Waals surface area contributed by atoms with Gasteiger partial charge in [-0.15, -0.1) is 0 Å². The Morgan fingerprint density at radius 2 is 1.88 bits per heavy atom. The van der Waals surface area contributed by atoms with Gasteiger partial charge in [0.2, 0.25) is 5.91 Å². The van der Waals surface area contributed by atoms with E-state index in [1.165, 1.54) is 0 Å². The lowest BCUT2D eigenvalue weighted by atomic mass is 10.1. The van der Waals surface area contributed by atoms with E-state index in [9.17, 15) is 14.7 Å². The number of aliphatic hydroxyl groups is 1. The van der Waals surface area contributed by atoms with E-state index in [1.54, 1.807) is 23.1 Å². The molecule has 1 fully saturated rings. The van der Waals surface area contributed by atoms with Crippen LogP contribution >= 0.6 is 0 Å². The van der Waals surface area contributed by atoms with Gasteiger partial charge in [0.25, 0.3) is 5.91 Å². The molecular weight excluding hydrogens is 310 g/mol. The van der Waals surface area contributed by atoms with Crippen molar-refractivity contribution in [1.29, 1.82) is 0 Å². The Kier molecular flexibility index (Phi) is 5.05. The summed E-state index contributed by atoms with van der Waals surface area (Å²) in [5, 5.41) is 22.5. The van der Waals surface area contributed by atoms with Crippen LogP contribution in [0.4, 0.5) is 0 Å². The standard InChI is InChI=1S/C16H21N5O3/c22-10-14(16(24)21-7-3-1-2-4-8-21)17-15(23)11-5-6-12-13(9-11)19-20-18-12/h5-6,9,14,22H,1-4,7-8,10H2,(H,17,23)(H,18,19,20). The van der Waals surface area contributed by atoms with E-state index in [0.717, 1.165) is 25.7 Å². The quantitative estimate of drug-likeness (QED) is 0.753. The molecule has 8 nitrogen and oxygen atoms in total. The smallest absolute Gasteiger partial charge is 0.252 e. The van der Waals surface area contributed by atoms with Crippen molar-refractivity contribution < 1.29 is 14.7 Å². The molecule has 1 aromatic carbocycles. The average Bonchev–Trinajstić information content (AvgIpc) is 2.90. The molecule has 1 atom stereocenters. The van der Waals surface area contributed by atoms with Crippen molar-refractivity contribution in [3.8, 4) is 0 Å². The van der Waals surface area contributed by atoms with E-state index in [1.807, 2.05) is 0 Å². The number of aromatic amines is 1. The normalized spacial score (nSPS) is 16.6. The van der Waals surface area contributed by atoms with Gasteiger partial charge in [0.15, 0.2) is 0 Å². The summed E-state index contributed by atoms with van der Waals surface area (Å²) in [5.74, 6) is -0.641. The predicted molar refractivity (Wildman–Crippen MR) is 87.3 cm³/mol. The van der Waals surface area contributed by atoms with Crippen molar-refractivity contribution in [2.24, 2.45) is 0 Å². The van der Waals surface area contributed by atoms with Gasteiger partial charge in [-0.25, -0.2) is 0 Å². The number of carbonyl (C=O) groups excluding carboxylic acids is 2. The van der Waals surface area contributed by atoms with E-state index in [4.69, 9.17) is 0 Å². The molecule has 0 saturated carbocycles. The number of aromatic nitrogens is 3. The van der Waals surface area contributed by atoms with Crippen molar-refractivity contribution in [3.05, 3.63) is 23.8 Å². The van der Waals surface area contributed by atoms with Crippen LogP contribution in [0.2, 0.25) is 0 Å². The largest absolute Gasteiger partial charge is 0.394 e. The van der Waals surface area contributed by atoms with Gasteiger partial charge in [-0.1, -0.05) is 12.8 Å². The van der Waals surface area contributed by atoms with Crippen molar-refractivity contribution in [3.63, 3.8) is 0 Å². The first kappa shape index (κ1) is 16.4. The topological polar surface area (TPSA) is 111 Å². The number of rotatable bonds is 4. The molecule has 1 saturated heterocycles. The summed E-state index contributed by atoms with van der Waals surface area (Å²) in [6, 6.07) is 3.96. The van der Waals surface area contributed by atoms with Gasteiger partial charge in [0.05, 0.1) is 6.61 Å². The molecule has 2 aromatic rings. The van der Waals surface area contributed by atoms with Crippen LogP contribution < -0.4 is 5.32 Å². The number of nitrogens with zero attached hydrogens (tertiary/aromatic N) is 3. The van der Waals surface area contributed by atoms with Crippen LogP contribution in [0.25, 0.3) is 11.0 Å². The highest BCUT2D eigenvalue weighted by atomic mass is 16.3. The van der Waals surface area contributed by atoms with E-state index >= 15 is 0 Å². The molecule has 1 aliphatic rings. The maximum atomic E-state index is 12.5. The number of carbonyl (C=O) groups is 2. The van der Waals surface area contributed by atoms with E-state index in [-0.39, 0.29) is 5.91 Å². The third-order valence-corrected chi connectivity index (χ3v) is 4.28. The summed E-state index contributed by atoms with van der Waals surface area (Å²) < 4.78 is 0. The minimum Gasteiger partial charge on any atom is -0.394 e. The molecule has 2 heterocycles. The van der Waals surface area contributed by atoms with Crippen LogP contribution in [0.15, 0.2) is 18.2 Å². The minimum absolute atomic E-state index is 0.227. The molecule has 1 unspecified atom stereocenters. The number of benzene rings is 1. The minimum atomic E-state index is -0.927. The average molecular weight is 331 g/mol. The molecule has 24 heavy (non-hydrogen) atoms. The van der Waals surface area contributed by atoms with Crippen LogP contribution in [0.3, 0.4) is 0 Å². The van der Waals surface area contributed by atoms with Crippen molar-refractivity contribution in [1.82, 2.24) is 25.6 Å². The highest BCUT2D eigenvalue weighted by Gasteiger charge is 2.26. The summed E-state index contributed by atoms with van der Waals surface area (Å²) in [4.78, 5) is 26.7. The lowest BCUT2D eigenvalue weighted by Crippen LogP contribution is -2.50. The molecule has 0 spiro atoms. The third-order valence-electron chi connectivity index (χ3n) is 4.28.